The van der Waals surface area contributed by atoms with E-state index in [0.29, 0.717) is 23.7 Å². The molecule has 2 heteroatoms. The van der Waals surface area contributed by atoms with Gasteiger partial charge in [0.05, 0.1) is 0 Å². The second-order valence-electron chi connectivity index (χ2n) is 5.92. The van der Waals surface area contributed by atoms with Gasteiger partial charge in [0, 0.05) is 30.8 Å². The Morgan fingerprint density at radius 1 is 1.00 bits per heavy atom. The van der Waals surface area contributed by atoms with E-state index in [9.17, 15) is 0 Å². The second-order valence-corrected chi connectivity index (χ2v) is 6.76. The van der Waals surface area contributed by atoms with Gasteiger partial charge in [-0.2, -0.15) is 0 Å². The van der Waals surface area contributed by atoms with Gasteiger partial charge >= 0.3 is 0 Å². The van der Waals surface area contributed by atoms with Gasteiger partial charge in [0.2, 0.25) is 0 Å². The van der Waals surface area contributed by atoms with Crippen LogP contribution in [0.1, 0.15) is 13.8 Å². The van der Waals surface area contributed by atoms with E-state index in [0.717, 1.165) is 0 Å². The van der Waals surface area contributed by atoms with Gasteiger partial charge < -0.3 is 0 Å². The molecule has 98 valence electrons. The van der Waals surface area contributed by atoms with Crippen molar-refractivity contribution in [2.75, 3.05) is 25.2 Å². The maximum Gasteiger partial charge on any atom is 0.0442 e. The molecule has 1 fully saturated rings. The van der Waals surface area contributed by atoms with Crippen LogP contribution in [-0.4, -0.2) is 30.1 Å². The zero-order valence-electron chi connectivity index (χ0n) is 11.6. The number of thioether (sulfide) groups is 1. The zero-order valence-corrected chi connectivity index (χ0v) is 12.4. The highest BCUT2D eigenvalue weighted by Crippen LogP contribution is 2.44. The van der Waals surface area contributed by atoms with Gasteiger partial charge in [-0.25, -0.2) is 0 Å². The molecule has 1 heterocycles. The first-order valence-corrected chi connectivity index (χ1v) is 8.42. The van der Waals surface area contributed by atoms with Gasteiger partial charge in [-0.15, -0.1) is 11.8 Å². The summed E-state index contributed by atoms with van der Waals surface area (Å²) >= 11 is 1.94. The second kappa shape index (κ2) is 4.90. The lowest BCUT2D eigenvalue weighted by Gasteiger charge is -2.44. The molecule has 2 aliphatic carbocycles. The molecule has 0 aromatic heterocycles. The Morgan fingerprint density at radius 3 is 2.06 bits per heavy atom. The minimum atomic E-state index is 0.644. The zero-order chi connectivity index (χ0) is 12.7. The van der Waals surface area contributed by atoms with Gasteiger partial charge in [0.1, 0.15) is 0 Å². The Balaban J connectivity index is 1.93. The van der Waals surface area contributed by atoms with E-state index in [1.165, 1.54) is 19.0 Å². The van der Waals surface area contributed by atoms with Gasteiger partial charge in [-0.3, -0.25) is 4.90 Å². The van der Waals surface area contributed by atoms with E-state index in [1.807, 2.05) is 11.8 Å². The molecule has 4 unspecified atom stereocenters. The third kappa shape index (κ3) is 2.00. The van der Waals surface area contributed by atoms with Crippen LogP contribution in [-0.2, 0) is 0 Å². The maximum atomic E-state index is 2.61. The Morgan fingerprint density at radius 2 is 1.56 bits per heavy atom. The van der Waals surface area contributed by atoms with Gasteiger partial charge in [0.15, 0.2) is 0 Å². The van der Waals surface area contributed by atoms with Crippen molar-refractivity contribution in [1.29, 1.82) is 0 Å². The van der Waals surface area contributed by atoms with Gasteiger partial charge in [-0.05, 0) is 18.1 Å². The monoisotopic (exact) mass is 261 g/mol. The lowest BCUT2D eigenvalue weighted by molar-refractivity contribution is 0.232. The van der Waals surface area contributed by atoms with Crippen molar-refractivity contribution in [2.45, 2.75) is 13.8 Å². The first-order valence-electron chi connectivity index (χ1n) is 7.02. The molecule has 1 saturated heterocycles. The first kappa shape index (κ1) is 12.6. The summed E-state index contributed by atoms with van der Waals surface area (Å²) in [7, 11) is 0. The van der Waals surface area contributed by atoms with E-state index in [2.05, 4.69) is 49.3 Å². The molecule has 3 aliphatic rings. The number of hydrogen-bond acceptors (Lipinski definition) is 2. The van der Waals surface area contributed by atoms with Gasteiger partial charge in [0.25, 0.3) is 0 Å². The fraction of sp³-hybridized carbons (Fsp3) is 0.625. The number of nitrogens with zero attached hydrogens (tertiary/aromatic N) is 1. The molecular formula is C16H23NS. The molecule has 0 radical (unpaired) electrons. The number of rotatable bonds is 2. The molecule has 0 amide bonds. The number of piperidine rings is 1. The first-order chi connectivity index (χ1) is 8.70. The minimum Gasteiger partial charge on any atom is -0.292 e. The fourth-order valence-corrected chi connectivity index (χ4v) is 4.47. The van der Waals surface area contributed by atoms with Crippen LogP contribution < -0.4 is 0 Å². The Kier molecular flexibility index (Phi) is 3.42. The summed E-state index contributed by atoms with van der Waals surface area (Å²) in [6, 6.07) is 0. The molecule has 0 aromatic carbocycles. The molecule has 0 spiro atoms. The lowest BCUT2D eigenvalue weighted by atomic mass is 9.68. The smallest absolute Gasteiger partial charge is 0.0442 e. The van der Waals surface area contributed by atoms with Crippen molar-refractivity contribution in [3.05, 3.63) is 35.5 Å². The van der Waals surface area contributed by atoms with E-state index < -0.39 is 0 Å². The molecule has 4 atom stereocenters. The molecule has 1 nitrogen and oxygen atoms in total. The van der Waals surface area contributed by atoms with Crippen LogP contribution in [0.25, 0.3) is 0 Å². The largest absolute Gasteiger partial charge is 0.292 e. The molecule has 0 N–H and O–H groups in total. The summed E-state index contributed by atoms with van der Waals surface area (Å²) in [5.41, 5.74) is 3.48. The minimum absolute atomic E-state index is 0.644. The lowest BCUT2D eigenvalue weighted by Crippen LogP contribution is -2.43. The third-order valence-corrected chi connectivity index (χ3v) is 5.22. The van der Waals surface area contributed by atoms with Crippen molar-refractivity contribution in [1.82, 2.24) is 4.90 Å². The summed E-state index contributed by atoms with van der Waals surface area (Å²) in [5, 5.41) is 0. The van der Waals surface area contributed by atoms with Crippen LogP contribution in [0, 0.1) is 23.7 Å². The summed E-state index contributed by atoms with van der Waals surface area (Å²) in [6.07, 6.45) is 12.0. The molecule has 1 aliphatic heterocycles. The van der Waals surface area contributed by atoms with Crippen LogP contribution in [0.2, 0.25) is 0 Å². The topological polar surface area (TPSA) is 3.24 Å². The summed E-state index contributed by atoms with van der Waals surface area (Å²) in [4.78, 5) is 2.61. The van der Waals surface area contributed by atoms with E-state index in [4.69, 9.17) is 0 Å². The third-order valence-electron chi connectivity index (χ3n) is 4.60. The highest BCUT2D eigenvalue weighted by atomic mass is 32.2. The quantitative estimate of drug-likeness (QED) is 0.699. The molecule has 18 heavy (non-hydrogen) atoms. The van der Waals surface area contributed by atoms with E-state index in [-0.39, 0.29) is 0 Å². The van der Waals surface area contributed by atoms with Crippen molar-refractivity contribution < 1.29 is 0 Å². The average Bonchev–Trinajstić information content (AvgIpc) is 2.36. The fourth-order valence-electron chi connectivity index (χ4n) is 3.90. The maximum absolute atomic E-state index is 2.61. The molecule has 0 bridgehead atoms. The Hall–Kier alpha value is -0.470. The van der Waals surface area contributed by atoms with Crippen LogP contribution >= 0.6 is 11.8 Å². The normalized spacial score (nSPS) is 39.1. The summed E-state index contributed by atoms with van der Waals surface area (Å²) in [5.74, 6) is 3.81. The van der Waals surface area contributed by atoms with Crippen LogP contribution in [0.15, 0.2) is 35.5 Å². The Bertz CT molecular complexity index is 387. The molecule has 3 rings (SSSR count). The standard InChI is InChI=1S/C16H23NS/c1-11-4-6-13-8-17(10-18-3)9-14-7-5-12(2)15(11)16(13)14/h4-7,11-14H,8-10H2,1-3H3. The van der Waals surface area contributed by atoms with Crippen molar-refractivity contribution in [3.63, 3.8) is 0 Å². The average molecular weight is 261 g/mol. The predicted octanol–water partition coefficient (Wildman–Crippen LogP) is 3.56. The van der Waals surface area contributed by atoms with Gasteiger partial charge in [-0.1, -0.05) is 49.3 Å². The van der Waals surface area contributed by atoms with E-state index >= 15 is 0 Å². The molecule has 0 saturated carbocycles. The summed E-state index contributed by atoms with van der Waals surface area (Å²) in [6.45, 7) is 7.16. The highest BCUT2D eigenvalue weighted by molar-refractivity contribution is 7.98. The van der Waals surface area contributed by atoms with Crippen LogP contribution in [0.3, 0.4) is 0 Å². The SMILES string of the molecule is CSCN1CC2C=CC(C)C3=C2C(C=CC3C)C1. The van der Waals surface area contributed by atoms with Crippen molar-refractivity contribution in [2.24, 2.45) is 23.7 Å². The number of hydrogen-bond donors (Lipinski definition) is 0. The molecular weight excluding hydrogens is 238 g/mol. The highest BCUT2D eigenvalue weighted by Gasteiger charge is 2.37. The van der Waals surface area contributed by atoms with E-state index in [1.54, 1.807) is 11.1 Å². The van der Waals surface area contributed by atoms with Crippen LogP contribution in [0.4, 0.5) is 0 Å². The number of allylic oxidation sites excluding steroid dienone is 3. The summed E-state index contributed by atoms with van der Waals surface area (Å²) < 4.78 is 0. The Labute approximate surface area is 115 Å². The number of likely N-dealkylation sites (tertiary alicyclic amines) is 1. The van der Waals surface area contributed by atoms with Crippen molar-refractivity contribution in [3.8, 4) is 0 Å². The predicted molar refractivity (Wildman–Crippen MR) is 80.6 cm³/mol. The molecule has 0 aromatic rings. The van der Waals surface area contributed by atoms with Crippen LogP contribution in [0.5, 0.6) is 0 Å². The van der Waals surface area contributed by atoms with Crippen molar-refractivity contribution >= 4 is 11.8 Å².